The molecule has 8 heteroatoms. The average molecular weight is 385 g/mol. The molecule has 2 aromatic heterocycles. The van der Waals surface area contributed by atoms with E-state index in [4.69, 9.17) is 13.9 Å². The summed E-state index contributed by atoms with van der Waals surface area (Å²) < 4.78 is 15.2. The Labute approximate surface area is 158 Å². The minimum Gasteiger partial charge on any atom is -0.496 e. The molecule has 0 unspecified atom stereocenters. The lowest BCUT2D eigenvalue weighted by Crippen LogP contribution is -2.14. The third-order valence-electron chi connectivity index (χ3n) is 3.53. The van der Waals surface area contributed by atoms with Gasteiger partial charge in [-0.05, 0) is 36.4 Å². The van der Waals surface area contributed by atoms with Crippen molar-refractivity contribution in [1.82, 2.24) is 0 Å². The molecule has 0 fully saturated rings. The number of carbonyl (C=O) groups excluding carboxylic acids is 3. The molecule has 3 rings (SSSR count). The Morgan fingerprint density at radius 3 is 2.63 bits per heavy atom. The summed E-state index contributed by atoms with van der Waals surface area (Å²) >= 11 is 1.04. The van der Waals surface area contributed by atoms with E-state index in [-0.39, 0.29) is 16.4 Å². The van der Waals surface area contributed by atoms with Crippen LogP contribution in [-0.4, -0.2) is 31.4 Å². The number of para-hydroxylation sites is 1. The molecule has 0 saturated carbocycles. The Bertz CT molecular complexity index is 960. The number of hydrogen-bond acceptors (Lipinski definition) is 7. The number of esters is 1. The van der Waals surface area contributed by atoms with Gasteiger partial charge in [0.05, 0.1) is 23.9 Å². The fourth-order valence-corrected chi connectivity index (χ4v) is 3.05. The SMILES string of the molecule is COc1ccccc1C(=O)COC(=O)c1ccc(NC(=O)c2ccco2)s1. The summed E-state index contributed by atoms with van der Waals surface area (Å²) in [7, 11) is 1.46. The molecule has 1 amide bonds. The van der Waals surface area contributed by atoms with E-state index in [9.17, 15) is 14.4 Å². The minimum absolute atomic E-state index is 0.162. The lowest BCUT2D eigenvalue weighted by molar-refractivity contribution is 0.0478. The van der Waals surface area contributed by atoms with E-state index in [2.05, 4.69) is 5.32 Å². The van der Waals surface area contributed by atoms with E-state index >= 15 is 0 Å². The van der Waals surface area contributed by atoms with Crippen LogP contribution in [0.3, 0.4) is 0 Å². The maximum Gasteiger partial charge on any atom is 0.348 e. The second-order valence-corrected chi connectivity index (χ2v) is 6.38. The molecule has 7 nitrogen and oxygen atoms in total. The quantitative estimate of drug-likeness (QED) is 0.493. The van der Waals surface area contributed by atoms with Crippen molar-refractivity contribution >= 4 is 34.0 Å². The van der Waals surface area contributed by atoms with Gasteiger partial charge < -0.3 is 19.2 Å². The van der Waals surface area contributed by atoms with Crippen LogP contribution < -0.4 is 10.1 Å². The predicted octanol–water partition coefficient (Wildman–Crippen LogP) is 3.64. The van der Waals surface area contributed by atoms with Gasteiger partial charge in [0.2, 0.25) is 5.78 Å². The van der Waals surface area contributed by atoms with Crippen LogP contribution in [0, 0.1) is 0 Å². The molecule has 0 saturated heterocycles. The first kappa shape index (κ1) is 18.4. The number of furan rings is 1. The number of nitrogens with one attached hydrogen (secondary N) is 1. The molecule has 2 heterocycles. The van der Waals surface area contributed by atoms with Gasteiger partial charge in [0, 0.05) is 0 Å². The zero-order chi connectivity index (χ0) is 19.2. The molecule has 27 heavy (non-hydrogen) atoms. The van der Waals surface area contributed by atoms with E-state index in [1.54, 1.807) is 36.4 Å². The number of ether oxygens (including phenoxy) is 2. The number of amides is 1. The first-order valence-corrected chi connectivity index (χ1v) is 8.68. The molecule has 138 valence electrons. The predicted molar refractivity (Wildman–Crippen MR) is 98.6 cm³/mol. The average Bonchev–Trinajstić information content (AvgIpc) is 3.38. The normalized spacial score (nSPS) is 10.3. The highest BCUT2D eigenvalue weighted by atomic mass is 32.1. The summed E-state index contributed by atoms with van der Waals surface area (Å²) in [6.07, 6.45) is 1.39. The number of hydrogen-bond donors (Lipinski definition) is 1. The minimum atomic E-state index is -0.651. The van der Waals surface area contributed by atoms with Crippen molar-refractivity contribution in [2.45, 2.75) is 0 Å². The topological polar surface area (TPSA) is 94.8 Å². The van der Waals surface area contributed by atoms with Crippen molar-refractivity contribution in [3.63, 3.8) is 0 Å². The van der Waals surface area contributed by atoms with Gasteiger partial charge in [0.25, 0.3) is 5.91 Å². The Balaban J connectivity index is 1.58. The molecule has 0 aliphatic heterocycles. The van der Waals surface area contributed by atoms with Crippen molar-refractivity contribution in [2.75, 3.05) is 19.0 Å². The Kier molecular flexibility index (Phi) is 5.68. The van der Waals surface area contributed by atoms with Crippen LogP contribution in [-0.2, 0) is 4.74 Å². The molecule has 0 radical (unpaired) electrons. The van der Waals surface area contributed by atoms with Crippen LogP contribution >= 0.6 is 11.3 Å². The number of anilines is 1. The highest BCUT2D eigenvalue weighted by molar-refractivity contribution is 7.18. The van der Waals surface area contributed by atoms with E-state index in [0.717, 1.165) is 11.3 Å². The largest absolute Gasteiger partial charge is 0.496 e. The number of carbonyl (C=O) groups is 3. The summed E-state index contributed by atoms with van der Waals surface area (Å²) in [6, 6.07) is 12.9. The van der Waals surface area contributed by atoms with Gasteiger partial charge in [-0.2, -0.15) is 0 Å². The number of thiophene rings is 1. The molecule has 0 spiro atoms. The van der Waals surface area contributed by atoms with Crippen molar-refractivity contribution in [3.05, 3.63) is 71.0 Å². The third kappa shape index (κ3) is 4.42. The van der Waals surface area contributed by atoms with Crippen LogP contribution in [0.25, 0.3) is 0 Å². The molecule has 0 bridgehead atoms. The van der Waals surface area contributed by atoms with Crippen LogP contribution in [0.1, 0.15) is 30.6 Å². The first-order valence-electron chi connectivity index (χ1n) is 7.86. The van der Waals surface area contributed by atoms with Gasteiger partial charge in [-0.25, -0.2) is 4.79 Å². The second kappa shape index (κ2) is 8.33. The third-order valence-corrected chi connectivity index (χ3v) is 4.51. The lowest BCUT2D eigenvalue weighted by atomic mass is 10.1. The number of Topliss-reactive ketones (excluding diaryl/α,β-unsaturated/α-hetero) is 1. The molecule has 1 N–H and O–H groups in total. The van der Waals surface area contributed by atoms with Crippen LogP contribution in [0.15, 0.2) is 59.2 Å². The fourth-order valence-electron chi connectivity index (χ4n) is 2.25. The zero-order valence-electron chi connectivity index (χ0n) is 14.3. The Morgan fingerprint density at radius 1 is 1.07 bits per heavy atom. The summed E-state index contributed by atoms with van der Waals surface area (Å²) in [6.45, 7) is -0.412. The summed E-state index contributed by atoms with van der Waals surface area (Å²) in [4.78, 5) is 36.5. The first-order chi connectivity index (χ1) is 13.1. The van der Waals surface area contributed by atoms with Gasteiger partial charge in [-0.1, -0.05) is 12.1 Å². The molecule has 0 atom stereocenters. The van der Waals surface area contributed by atoms with Gasteiger partial charge >= 0.3 is 5.97 Å². The van der Waals surface area contributed by atoms with Crippen molar-refractivity contribution in [1.29, 1.82) is 0 Å². The smallest absolute Gasteiger partial charge is 0.348 e. The molecule has 1 aromatic carbocycles. The lowest BCUT2D eigenvalue weighted by Gasteiger charge is -2.07. The molecular formula is C19H15NO6S. The van der Waals surface area contributed by atoms with Gasteiger partial charge in [0.1, 0.15) is 10.6 Å². The molecule has 0 aliphatic carbocycles. The highest BCUT2D eigenvalue weighted by Gasteiger charge is 2.17. The van der Waals surface area contributed by atoms with Crippen LogP contribution in [0.4, 0.5) is 5.00 Å². The van der Waals surface area contributed by atoms with E-state index in [1.165, 1.54) is 25.5 Å². The fraction of sp³-hybridized carbons (Fsp3) is 0.105. The number of methoxy groups -OCH3 is 1. The summed E-state index contributed by atoms with van der Waals surface area (Å²) in [5.41, 5.74) is 0.338. The van der Waals surface area contributed by atoms with E-state index in [1.807, 2.05) is 0 Å². The number of rotatable bonds is 7. The number of ketones is 1. The van der Waals surface area contributed by atoms with Crippen molar-refractivity contribution in [2.24, 2.45) is 0 Å². The summed E-state index contributed by atoms with van der Waals surface area (Å²) in [5.74, 6) is -0.869. The standard InChI is InChI=1S/C19H15NO6S/c1-24-14-6-3-2-5-12(14)13(21)11-26-19(23)16-8-9-17(27-16)20-18(22)15-7-4-10-25-15/h2-10H,11H2,1H3,(H,20,22). The van der Waals surface area contributed by atoms with Crippen LogP contribution in [0.2, 0.25) is 0 Å². The maximum absolute atomic E-state index is 12.2. The molecular weight excluding hydrogens is 370 g/mol. The Morgan fingerprint density at radius 2 is 1.89 bits per heavy atom. The van der Waals surface area contributed by atoms with Crippen LogP contribution in [0.5, 0.6) is 5.75 Å². The van der Waals surface area contributed by atoms with E-state index < -0.39 is 18.5 Å². The highest BCUT2D eigenvalue weighted by Crippen LogP contribution is 2.24. The van der Waals surface area contributed by atoms with Crippen molar-refractivity contribution < 1.29 is 28.3 Å². The van der Waals surface area contributed by atoms with Gasteiger partial charge in [-0.15, -0.1) is 11.3 Å². The van der Waals surface area contributed by atoms with Gasteiger partial charge in [-0.3, -0.25) is 9.59 Å². The van der Waals surface area contributed by atoms with Crippen molar-refractivity contribution in [3.8, 4) is 5.75 Å². The summed E-state index contributed by atoms with van der Waals surface area (Å²) in [5, 5.41) is 3.08. The number of benzene rings is 1. The molecule has 3 aromatic rings. The second-order valence-electron chi connectivity index (χ2n) is 5.29. The van der Waals surface area contributed by atoms with Gasteiger partial charge in [0.15, 0.2) is 12.4 Å². The Hall–Kier alpha value is -3.39. The zero-order valence-corrected chi connectivity index (χ0v) is 15.1. The maximum atomic E-state index is 12.2. The van der Waals surface area contributed by atoms with E-state index in [0.29, 0.717) is 16.3 Å². The monoisotopic (exact) mass is 385 g/mol. The molecule has 0 aliphatic rings.